The van der Waals surface area contributed by atoms with Crippen LogP contribution in [-0.4, -0.2) is 130 Å². The van der Waals surface area contributed by atoms with Gasteiger partial charge in [-0.1, -0.05) is 41.5 Å². The maximum absolute atomic E-state index is 12.7. The van der Waals surface area contributed by atoms with E-state index in [-0.39, 0.29) is 53.8 Å². The van der Waals surface area contributed by atoms with Crippen molar-refractivity contribution in [1.29, 1.82) is 0 Å². The molecule has 18 heteroatoms. The second kappa shape index (κ2) is 24.9. The Hall–Kier alpha value is -5.53. The van der Waals surface area contributed by atoms with E-state index in [0.29, 0.717) is 109 Å². The van der Waals surface area contributed by atoms with Gasteiger partial charge in [-0.3, -0.25) is 24.4 Å². The van der Waals surface area contributed by atoms with Gasteiger partial charge in [0.05, 0.1) is 36.1 Å². The van der Waals surface area contributed by atoms with Crippen LogP contribution in [0.5, 0.6) is 11.5 Å². The van der Waals surface area contributed by atoms with Crippen molar-refractivity contribution in [2.24, 2.45) is 10.8 Å². The van der Waals surface area contributed by atoms with E-state index in [9.17, 15) is 19.5 Å². The summed E-state index contributed by atoms with van der Waals surface area (Å²) in [4.78, 5) is 69.5. The Morgan fingerprint density at radius 3 is 1.57 bits per heavy atom. The molecular weight excluding hydrogens is 969 g/mol. The minimum Gasteiger partial charge on any atom is -0.490 e. The number of aliphatic hydroxyl groups excluding tert-OH is 1. The van der Waals surface area contributed by atoms with Crippen LogP contribution in [0, 0.1) is 10.8 Å². The summed E-state index contributed by atoms with van der Waals surface area (Å²) in [7, 11) is 3.70. The maximum Gasteiger partial charge on any atom is 0.182 e. The van der Waals surface area contributed by atoms with E-state index >= 15 is 0 Å². The third-order valence-corrected chi connectivity index (χ3v) is 13.1. The third kappa shape index (κ3) is 16.7. The van der Waals surface area contributed by atoms with Crippen LogP contribution in [0.15, 0.2) is 36.7 Å². The number of carbonyl (C=O) groups excluding carboxylic acids is 3. The molecular formula is C58H82N8O10. The quantitative estimate of drug-likeness (QED) is 0.0873. The number of aromatic nitrogens is 6. The topological polar surface area (TPSA) is 211 Å². The first-order valence-electron chi connectivity index (χ1n) is 27.1. The summed E-state index contributed by atoms with van der Waals surface area (Å²) in [5.74, 6) is 3.47. The molecule has 2 aliphatic carbocycles. The van der Waals surface area contributed by atoms with Crippen LogP contribution in [0.1, 0.15) is 167 Å². The number of aliphatic hydroxyl groups is 1. The molecule has 414 valence electrons. The molecule has 0 amide bonds. The number of nitrogens with zero attached hydrogens (tertiary/aromatic N) is 8. The average Bonchev–Trinajstić information content (AvgIpc) is 3.94. The Morgan fingerprint density at radius 1 is 0.632 bits per heavy atom. The lowest BCUT2D eigenvalue weighted by Gasteiger charge is -2.32. The predicted molar refractivity (Wildman–Crippen MR) is 290 cm³/mol. The first-order valence-corrected chi connectivity index (χ1v) is 27.1. The molecule has 2 aliphatic heterocycles. The highest BCUT2D eigenvalue weighted by atomic mass is 16.7. The zero-order chi connectivity index (χ0) is 55.0. The van der Waals surface area contributed by atoms with Crippen molar-refractivity contribution in [3.8, 4) is 34.5 Å². The zero-order valence-electron chi connectivity index (χ0n) is 47.1. The van der Waals surface area contributed by atoms with Crippen LogP contribution in [0.25, 0.3) is 23.0 Å². The Kier molecular flexibility index (Phi) is 19.0. The molecule has 4 aromatic rings. The number of fused-ring (bicyclic) bond motifs is 2. The van der Waals surface area contributed by atoms with Gasteiger partial charge in [0.25, 0.3) is 0 Å². The van der Waals surface area contributed by atoms with Gasteiger partial charge in [0.15, 0.2) is 41.6 Å². The van der Waals surface area contributed by atoms with Crippen LogP contribution in [0.2, 0.25) is 0 Å². The number of Topliss-reactive ketones (excluding diaryl/α,β-unsaturated/α-hetero) is 3. The highest BCUT2D eigenvalue weighted by Gasteiger charge is 2.33. The number of hydrogen-bond donors (Lipinski definition) is 1. The summed E-state index contributed by atoms with van der Waals surface area (Å²) < 4.78 is 35.8. The van der Waals surface area contributed by atoms with Gasteiger partial charge in [0.2, 0.25) is 0 Å². The number of ether oxygens (including phenoxy) is 6. The molecule has 2 saturated heterocycles. The normalized spacial score (nSPS) is 18.8. The molecule has 4 aromatic heterocycles. The Morgan fingerprint density at radius 2 is 1.11 bits per heavy atom. The molecule has 0 radical (unpaired) electrons. The lowest BCUT2D eigenvalue weighted by molar-refractivity contribution is -0.221. The van der Waals surface area contributed by atoms with E-state index in [1.807, 2.05) is 72.4 Å². The molecule has 6 heterocycles. The Bertz CT molecular complexity index is 2650. The summed E-state index contributed by atoms with van der Waals surface area (Å²) in [6, 6.07) is 7.12. The van der Waals surface area contributed by atoms with Gasteiger partial charge >= 0.3 is 0 Å². The summed E-state index contributed by atoms with van der Waals surface area (Å²) in [5, 5.41) is 10.6. The summed E-state index contributed by atoms with van der Waals surface area (Å²) >= 11 is 0. The number of anilines is 2. The molecule has 2 fully saturated rings. The molecule has 0 spiro atoms. The molecule has 18 nitrogen and oxygen atoms in total. The summed E-state index contributed by atoms with van der Waals surface area (Å²) in [6.45, 7) is 22.8. The maximum atomic E-state index is 12.7. The van der Waals surface area contributed by atoms with Crippen molar-refractivity contribution >= 4 is 29.0 Å². The number of ketones is 3. The molecule has 3 unspecified atom stereocenters. The lowest BCUT2D eigenvalue weighted by Crippen LogP contribution is -2.38. The third-order valence-electron chi connectivity index (χ3n) is 13.1. The van der Waals surface area contributed by atoms with E-state index in [4.69, 9.17) is 38.4 Å². The standard InChI is InChI=1S/C29H42N4O5.C29H40N4O5/c2*1-28(2,3)16-19(34)17-33(6)27-21-10-11-23(35)25(21)31-26(32-27)22-15-20(12-13-30-22)37-18-29(4,5)38-24-9-7-8-14-36-24/h12-13,15,23-24,35H,7-11,14,16-18H2,1-6H3;12-13,15,24H,7-11,14,16-18H2,1-6H3. The number of hydrogen-bond acceptors (Lipinski definition) is 18. The fourth-order valence-electron chi connectivity index (χ4n) is 9.69. The van der Waals surface area contributed by atoms with Gasteiger partial charge in [-0.15, -0.1) is 0 Å². The molecule has 0 aromatic carbocycles. The summed E-state index contributed by atoms with van der Waals surface area (Å²) in [5.41, 5.74) is 2.48. The second-order valence-corrected chi connectivity index (χ2v) is 24.4. The minimum absolute atomic E-state index is 0.0180. The molecule has 4 aliphatic rings. The first-order chi connectivity index (χ1) is 35.8. The largest absolute Gasteiger partial charge is 0.490 e. The molecule has 3 atom stereocenters. The van der Waals surface area contributed by atoms with E-state index in [1.165, 1.54) is 0 Å². The van der Waals surface area contributed by atoms with Crippen LogP contribution in [0.3, 0.4) is 0 Å². The average molecular weight is 1050 g/mol. The highest BCUT2D eigenvalue weighted by Crippen LogP contribution is 2.38. The highest BCUT2D eigenvalue weighted by molar-refractivity contribution is 6.00. The number of pyridine rings is 2. The van der Waals surface area contributed by atoms with Crippen molar-refractivity contribution in [2.75, 3.05) is 63.4 Å². The fourth-order valence-corrected chi connectivity index (χ4v) is 9.69. The molecule has 8 rings (SSSR count). The summed E-state index contributed by atoms with van der Waals surface area (Å²) in [6.07, 6.45) is 11.5. The van der Waals surface area contributed by atoms with Crippen molar-refractivity contribution in [3.63, 3.8) is 0 Å². The fraction of sp³-hybridized carbons (Fsp3) is 0.638. The van der Waals surface area contributed by atoms with Crippen LogP contribution < -0.4 is 19.3 Å². The molecule has 76 heavy (non-hydrogen) atoms. The molecule has 1 N–H and O–H groups in total. The van der Waals surface area contributed by atoms with Gasteiger partial charge in [0.1, 0.15) is 53.4 Å². The van der Waals surface area contributed by atoms with E-state index in [1.54, 1.807) is 36.7 Å². The predicted octanol–water partition coefficient (Wildman–Crippen LogP) is 9.47. The smallest absolute Gasteiger partial charge is 0.182 e. The first kappa shape index (κ1) is 58.2. The van der Waals surface area contributed by atoms with Crippen molar-refractivity contribution < 1.29 is 47.9 Å². The number of rotatable bonds is 20. The van der Waals surface area contributed by atoms with Crippen molar-refractivity contribution in [2.45, 2.75) is 176 Å². The van der Waals surface area contributed by atoms with Crippen LogP contribution in [-0.2, 0) is 41.4 Å². The SMILES string of the molecule is CN(CC(=O)CC(C)(C)C)c1nc(-c2cc(OCC(C)(C)OC3CCCCO3)ccn2)nc2c1CCC2=O.CN(CC(=O)CC(C)(C)C)c1nc(-c2cc(OCC(C)(C)OC3CCCCO3)ccn2)nc2c1CCC2O. The van der Waals surface area contributed by atoms with Gasteiger partial charge in [-0.25, -0.2) is 19.9 Å². The van der Waals surface area contributed by atoms with Gasteiger partial charge in [-0.2, -0.15) is 0 Å². The number of carbonyl (C=O) groups is 3. The zero-order valence-corrected chi connectivity index (χ0v) is 47.1. The van der Waals surface area contributed by atoms with Gasteiger partial charge in [0, 0.05) is 82.2 Å². The molecule has 0 saturated carbocycles. The second-order valence-electron chi connectivity index (χ2n) is 24.4. The lowest BCUT2D eigenvalue weighted by atomic mass is 9.90. The van der Waals surface area contributed by atoms with Crippen LogP contribution >= 0.6 is 0 Å². The van der Waals surface area contributed by atoms with Gasteiger partial charge < -0.3 is 43.3 Å². The molecule has 0 bridgehead atoms. The van der Waals surface area contributed by atoms with Crippen LogP contribution in [0.4, 0.5) is 11.6 Å². The monoisotopic (exact) mass is 1050 g/mol. The van der Waals surface area contributed by atoms with Crippen molar-refractivity contribution in [1.82, 2.24) is 29.9 Å². The minimum atomic E-state index is -0.663. The van der Waals surface area contributed by atoms with Crippen molar-refractivity contribution in [3.05, 3.63) is 59.2 Å². The van der Waals surface area contributed by atoms with Gasteiger partial charge in [-0.05, 0) is 108 Å². The van der Waals surface area contributed by atoms with E-state index in [0.717, 1.165) is 62.9 Å². The number of likely N-dealkylation sites (N-methyl/N-ethyl adjacent to an activating group) is 2. The van der Waals surface area contributed by atoms with E-state index in [2.05, 4.69) is 40.7 Å². The van der Waals surface area contributed by atoms with E-state index < -0.39 is 17.3 Å². The Labute approximate surface area is 449 Å². The Balaban J connectivity index is 0.000000221.